The van der Waals surface area contributed by atoms with E-state index in [1.54, 1.807) is 29.2 Å². The number of hydrogen-bond acceptors (Lipinski definition) is 5. The largest absolute Gasteiger partial charge is 0.650 e. The number of fused-ring (bicyclic) bond motifs is 3. The summed E-state index contributed by atoms with van der Waals surface area (Å²) in [4.78, 5) is 21.6. The number of amides is 1. The molecule has 0 bridgehead atoms. The van der Waals surface area contributed by atoms with Crippen molar-refractivity contribution in [1.82, 2.24) is 9.88 Å². The minimum Gasteiger partial charge on any atom is -0.650 e. The first kappa shape index (κ1) is 35.5. The zero-order chi connectivity index (χ0) is 31.3. The van der Waals surface area contributed by atoms with E-state index in [0.29, 0.717) is 36.4 Å². The van der Waals surface area contributed by atoms with E-state index in [1.165, 1.54) is 16.6 Å². The summed E-state index contributed by atoms with van der Waals surface area (Å²) < 4.78 is 11.6. The number of rotatable bonds is 5. The van der Waals surface area contributed by atoms with E-state index in [0.717, 1.165) is 47.7 Å². The molecule has 1 atom stereocenters. The molecule has 6 rings (SSSR count). The zero-order valence-electron chi connectivity index (χ0n) is 25.8. The van der Waals surface area contributed by atoms with Crippen LogP contribution in [0.5, 0.6) is 11.5 Å². The summed E-state index contributed by atoms with van der Waals surface area (Å²) in [6.45, 7) is 8.57. The molecule has 8 nitrogen and oxygen atoms in total. The maximum atomic E-state index is 12.3. The Morgan fingerprint density at radius 1 is 0.978 bits per heavy atom. The van der Waals surface area contributed by atoms with Gasteiger partial charge in [-0.2, -0.15) is 0 Å². The van der Waals surface area contributed by atoms with Gasteiger partial charge in [-0.1, -0.05) is 46.9 Å². The maximum Gasteiger partial charge on any atom is 0.410 e. The average molecular weight is 729 g/mol. The number of aromatic amines is 1. The quantitative estimate of drug-likeness (QED) is 0.158. The molecule has 1 saturated heterocycles. The van der Waals surface area contributed by atoms with Crippen molar-refractivity contribution in [3.8, 4) is 11.5 Å². The van der Waals surface area contributed by atoms with Crippen molar-refractivity contribution in [3.05, 3.63) is 98.9 Å². The standard InChI is InChI=1S/C28H33ClN3O3.C6H5ClO2.Y/c1-28(2,3)35-27(33)32-14-11-18(12-15-32)17-34-21-7-4-19(5-8-21)25-26-22(10-13-30-25)23-16-20(29)6-9-24(23)31-26;7-5-1-3-6(9-8)4-2-5;/h4-9,16,18,25,31H,10-15,17H2,1-3H3;1-4,8H;/q-1;;. The van der Waals surface area contributed by atoms with E-state index in [1.807, 2.05) is 51.1 Å². The number of carbonyl (C=O) groups is 1. The van der Waals surface area contributed by atoms with Crippen molar-refractivity contribution in [2.75, 3.05) is 26.2 Å². The third-order valence-corrected chi connectivity index (χ3v) is 8.20. The van der Waals surface area contributed by atoms with E-state index in [2.05, 4.69) is 22.0 Å². The zero-order valence-corrected chi connectivity index (χ0v) is 30.1. The number of aromatic nitrogens is 1. The molecule has 1 fully saturated rings. The number of piperidine rings is 1. The van der Waals surface area contributed by atoms with Crippen LogP contribution in [0.3, 0.4) is 0 Å². The summed E-state index contributed by atoms with van der Waals surface area (Å²) in [5.41, 5.74) is 4.29. The number of ether oxygens (including phenoxy) is 2. The molecule has 2 aliphatic rings. The van der Waals surface area contributed by atoms with Gasteiger partial charge in [-0.3, -0.25) is 0 Å². The first-order valence-corrected chi connectivity index (χ1v) is 15.6. The molecule has 4 aromatic rings. The van der Waals surface area contributed by atoms with Gasteiger partial charge in [0.1, 0.15) is 11.4 Å². The number of benzene rings is 3. The fraction of sp³-hybridized carbons (Fsp3) is 0.382. The second kappa shape index (κ2) is 16.0. The van der Waals surface area contributed by atoms with Crippen LogP contribution in [0.25, 0.3) is 16.2 Å². The number of nitrogens with one attached hydrogen (secondary N) is 1. The Kier molecular flexibility index (Phi) is 12.6. The molecule has 1 radical (unpaired) electrons. The molecular weight excluding hydrogens is 690 g/mol. The number of halogens is 2. The molecule has 2 N–H and O–H groups in total. The van der Waals surface area contributed by atoms with Crippen LogP contribution in [0.2, 0.25) is 10.0 Å². The first-order valence-electron chi connectivity index (χ1n) is 14.8. The van der Waals surface area contributed by atoms with Gasteiger partial charge < -0.3 is 29.6 Å². The third-order valence-electron chi connectivity index (χ3n) is 7.71. The summed E-state index contributed by atoms with van der Waals surface area (Å²) in [7, 11) is 0. The number of carbonyl (C=O) groups excluding carboxylic acids is 1. The minimum atomic E-state index is -0.461. The number of H-pyrrole nitrogens is 1. The molecule has 1 aromatic heterocycles. The Morgan fingerprint density at radius 3 is 2.27 bits per heavy atom. The Bertz CT molecular complexity index is 1550. The van der Waals surface area contributed by atoms with Crippen molar-refractivity contribution in [1.29, 1.82) is 0 Å². The molecule has 0 spiro atoms. The Hall–Kier alpha value is -2.33. The Balaban J connectivity index is 0.000000398. The number of hydrogen-bond donors (Lipinski definition) is 2. The van der Waals surface area contributed by atoms with E-state index < -0.39 is 5.60 Å². The summed E-state index contributed by atoms with van der Waals surface area (Å²) in [6, 6.07) is 20.7. The summed E-state index contributed by atoms with van der Waals surface area (Å²) >= 11 is 11.8. The summed E-state index contributed by atoms with van der Waals surface area (Å²) in [5.74, 6) is 1.68. The maximum absolute atomic E-state index is 12.3. The molecule has 11 heteroatoms. The van der Waals surface area contributed by atoms with E-state index >= 15 is 0 Å². The predicted molar refractivity (Wildman–Crippen MR) is 174 cm³/mol. The van der Waals surface area contributed by atoms with Gasteiger partial charge in [0, 0.05) is 72.4 Å². The molecule has 3 heterocycles. The topological polar surface area (TPSA) is 98.1 Å². The first-order chi connectivity index (χ1) is 21.1. The van der Waals surface area contributed by atoms with E-state index in [-0.39, 0.29) is 44.8 Å². The van der Waals surface area contributed by atoms with Gasteiger partial charge in [0.15, 0.2) is 5.75 Å². The van der Waals surface area contributed by atoms with Crippen LogP contribution < -0.4 is 9.62 Å². The van der Waals surface area contributed by atoms with Crippen LogP contribution in [-0.4, -0.2) is 53.1 Å². The number of likely N-dealkylation sites (tertiary alicyclic amines) is 1. The Morgan fingerprint density at radius 2 is 1.62 bits per heavy atom. The molecule has 237 valence electrons. The van der Waals surface area contributed by atoms with Crippen molar-refractivity contribution in [2.45, 2.75) is 51.7 Å². The Labute approximate surface area is 299 Å². The number of nitrogens with zero attached hydrogens (tertiary/aromatic N) is 2. The smallest absolute Gasteiger partial charge is 0.410 e. The molecule has 45 heavy (non-hydrogen) atoms. The summed E-state index contributed by atoms with van der Waals surface area (Å²) in [5, 5.41) is 15.6. The van der Waals surface area contributed by atoms with Crippen LogP contribution in [0.4, 0.5) is 4.79 Å². The molecule has 3 aromatic carbocycles. The van der Waals surface area contributed by atoms with Crippen LogP contribution in [0.15, 0.2) is 66.7 Å². The van der Waals surface area contributed by atoms with E-state index in [9.17, 15) is 4.79 Å². The third kappa shape index (κ3) is 9.60. The molecule has 0 saturated carbocycles. The van der Waals surface area contributed by atoms with Gasteiger partial charge >= 0.3 is 6.09 Å². The van der Waals surface area contributed by atoms with Crippen LogP contribution in [-0.2, 0) is 43.9 Å². The monoisotopic (exact) mass is 727 g/mol. The van der Waals surface area contributed by atoms with Gasteiger partial charge in [-0.05, 0) is 106 Å². The predicted octanol–water partition coefficient (Wildman–Crippen LogP) is 9.06. The fourth-order valence-electron chi connectivity index (χ4n) is 5.48. The van der Waals surface area contributed by atoms with Crippen LogP contribution in [0, 0.1) is 5.92 Å². The second-order valence-electron chi connectivity index (χ2n) is 12.1. The molecule has 2 aliphatic heterocycles. The molecule has 1 unspecified atom stereocenters. The molecule has 0 aliphatic carbocycles. The fourth-order valence-corrected chi connectivity index (χ4v) is 5.77. The van der Waals surface area contributed by atoms with Gasteiger partial charge in [-0.25, -0.2) is 10.1 Å². The summed E-state index contributed by atoms with van der Waals surface area (Å²) in [6.07, 6.45) is 2.55. The van der Waals surface area contributed by atoms with E-state index in [4.69, 9.17) is 43.2 Å². The van der Waals surface area contributed by atoms with Gasteiger partial charge in [0.2, 0.25) is 0 Å². The van der Waals surface area contributed by atoms with Crippen molar-refractivity contribution in [3.63, 3.8) is 0 Å². The van der Waals surface area contributed by atoms with Crippen molar-refractivity contribution < 1.29 is 57.1 Å². The van der Waals surface area contributed by atoms with Gasteiger partial charge in [0.05, 0.1) is 6.61 Å². The van der Waals surface area contributed by atoms with Crippen LogP contribution in [0.1, 0.15) is 56.5 Å². The minimum absolute atomic E-state index is 0. The van der Waals surface area contributed by atoms with Crippen molar-refractivity contribution in [2.24, 2.45) is 5.92 Å². The van der Waals surface area contributed by atoms with Gasteiger partial charge in [-0.15, -0.1) is 6.54 Å². The van der Waals surface area contributed by atoms with Crippen molar-refractivity contribution >= 4 is 40.2 Å². The van der Waals surface area contributed by atoms with Crippen LogP contribution >= 0.6 is 23.2 Å². The SMILES string of the molecule is CC(C)(C)OC(=O)N1CCC(COc2ccc(C3[N-]CCc4c3[nH]c3ccc(Cl)cc43)cc2)CC1.OOc1ccc(Cl)cc1.[Y]. The van der Waals surface area contributed by atoms with Gasteiger partial charge in [0.25, 0.3) is 0 Å². The molecule has 1 amide bonds. The second-order valence-corrected chi connectivity index (χ2v) is 13.0. The average Bonchev–Trinajstić information content (AvgIpc) is 3.38. The normalized spacial score (nSPS) is 16.6. The molecular formula is C34H38Cl2N3O5Y-.